The normalized spacial score (nSPS) is 15.0. The highest BCUT2D eigenvalue weighted by Crippen LogP contribution is 2.09. The van der Waals surface area contributed by atoms with Crippen LogP contribution in [-0.4, -0.2) is 22.2 Å². The van der Waals surface area contributed by atoms with Gasteiger partial charge < -0.3 is 5.32 Å². The summed E-state index contributed by atoms with van der Waals surface area (Å²) in [7, 11) is 0. The Hall–Kier alpha value is -0.540. The molecule has 0 aliphatic heterocycles. The van der Waals surface area contributed by atoms with Gasteiger partial charge in [-0.2, -0.15) is 5.10 Å². The van der Waals surface area contributed by atoms with Crippen molar-refractivity contribution >= 4 is 11.6 Å². The van der Waals surface area contributed by atoms with E-state index < -0.39 is 0 Å². The van der Waals surface area contributed by atoms with Crippen LogP contribution in [0.1, 0.15) is 38.9 Å². The molecule has 0 saturated heterocycles. The zero-order chi connectivity index (χ0) is 12.0. The molecule has 2 unspecified atom stereocenters. The number of rotatable bonds is 7. The Balaban J connectivity index is 2.35. The number of hydrogen-bond donors (Lipinski definition) is 1. The lowest BCUT2D eigenvalue weighted by Crippen LogP contribution is -2.22. The van der Waals surface area contributed by atoms with Crippen molar-refractivity contribution in [3.63, 3.8) is 0 Å². The van der Waals surface area contributed by atoms with Crippen molar-refractivity contribution in [1.82, 2.24) is 15.1 Å². The third-order valence-electron chi connectivity index (χ3n) is 2.77. The second-order valence-electron chi connectivity index (χ2n) is 4.43. The predicted molar refractivity (Wildman–Crippen MR) is 68.8 cm³/mol. The first-order valence-corrected chi connectivity index (χ1v) is 6.51. The number of nitrogens with zero attached hydrogens (tertiary/aromatic N) is 2. The molecule has 16 heavy (non-hydrogen) atoms. The minimum Gasteiger partial charge on any atom is -0.311 e. The molecule has 0 radical (unpaired) electrons. The van der Waals surface area contributed by atoms with Crippen LogP contribution in [0.4, 0.5) is 0 Å². The van der Waals surface area contributed by atoms with Crippen LogP contribution in [0.25, 0.3) is 0 Å². The quantitative estimate of drug-likeness (QED) is 0.747. The van der Waals surface area contributed by atoms with E-state index in [4.69, 9.17) is 11.6 Å². The van der Waals surface area contributed by atoms with Gasteiger partial charge in [0.2, 0.25) is 0 Å². The van der Waals surface area contributed by atoms with Gasteiger partial charge >= 0.3 is 0 Å². The van der Waals surface area contributed by atoms with Gasteiger partial charge in [-0.3, -0.25) is 4.68 Å². The van der Waals surface area contributed by atoms with E-state index in [2.05, 4.69) is 43.4 Å². The summed E-state index contributed by atoms with van der Waals surface area (Å²) >= 11 is 5.74. The second-order valence-corrected chi connectivity index (χ2v) is 4.74. The van der Waals surface area contributed by atoms with Gasteiger partial charge in [-0.25, -0.2) is 0 Å². The lowest BCUT2D eigenvalue weighted by atomic mass is 10.2. The van der Waals surface area contributed by atoms with Gasteiger partial charge in [0, 0.05) is 24.7 Å². The van der Waals surface area contributed by atoms with E-state index in [1.54, 1.807) is 0 Å². The van der Waals surface area contributed by atoms with Crippen LogP contribution < -0.4 is 5.32 Å². The maximum absolute atomic E-state index is 5.74. The molecule has 0 spiro atoms. The first kappa shape index (κ1) is 13.5. The molecule has 4 heteroatoms. The van der Waals surface area contributed by atoms with Gasteiger partial charge in [-0.15, -0.1) is 11.6 Å². The Labute approximate surface area is 103 Å². The van der Waals surface area contributed by atoms with Crippen LogP contribution in [0.2, 0.25) is 0 Å². The van der Waals surface area contributed by atoms with Crippen molar-refractivity contribution < 1.29 is 0 Å². The van der Waals surface area contributed by atoms with Crippen molar-refractivity contribution in [3.8, 4) is 0 Å². The Bertz CT molecular complexity index is 298. The molecule has 92 valence electrons. The summed E-state index contributed by atoms with van der Waals surface area (Å²) in [5.41, 5.74) is 1.10. The fraction of sp³-hybridized carbons (Fsp3) is 0.750. The lowest BCUT2D eigenvalue weighted by Gasteiger charge is -2.09. The SMILES string of the molecule is CCC(C)n1ccc(CNCC(C)CCl)n1. The molecule has 1 aromatic rings. The summed E-state index contributed by atoms with van der Waals surface area (Å²) < 4.78 is 2.03. The second kappa shape index (κ2) is 6.92. The maximum atomic E-state index is 5.74. The molecule has 0 amide bonds. The first-order valence-electron chi connectivity index (χ1n) is 5.98. The molecule has 1 N–H and O–H groups in total. The summed E-state index contributed by atoms with van der Waals surface area (Å²) in [4.78, 5) is 0. The summed E-state index contributed by atoms with van der Waals surface area (Å²) in [6.45, 7) is 8.26. The van der Waals surface area contributed by atoms with Crippen molar-refractivity contribution in [3.05, 3.63) is 18.0 Å². The molecule has 3 nitrogen and oxygen atoms in total. The number of aromatic nitrogens is 2. The summed E-state index contributed by atoms with van der Waals surface area (Å²) in [5, 5.41) is 7.89. The zero-order valence-electron chi connectivity index (χ0n) is 10.4. The van der Waals surface area contributed by atoms with Crippen molar-refractivity contribution in [1.29, 1.82) is 0 Å². The molecule has 0 aromatic carbocycles. The Morgan fingerprint density at radius 3 is 2.88 bits per heavy atom. The minimum absolute atomic E-state index is 0.482. The highest BCUT2D eigenvalue weighted by Gasteiger charge is 2.05. The molecule has 2 atom stereocenters. The highest BCUT2D eigenvalue weighted by atomic mass is 35.5. The topological polar surface area (TPSA) is 29.9 Å². The molecule has 1 aromatic heterocycles. The van der Waals surface area contributed by atoms with Crippen LogP contribution in [0.15, 0.2) is 12.3 Å². The van der Waals surface area contributed by atoms with E-state index in [1.807, 2.05) is 4.68 Å². The van der Waals surface area contributed by atoms with Gasteiger partial charge in [-0.05, 0) is 31.9 Å². The van der Waals surface area contributed by atoms with Crippen molar-refractivity contribution in [2.45, 2.75) is 39.8 Å². The Morgan fingerprint density at radius 2 is 2.25 bits per heavy atom. The molecule has 1 heterocycles. The van der Waals surface area contributed by atoms with Crippen LogP contribution in [0.3, 0.4) is 0 Å². The molecule has 0 aliphatic carbocycles. The maximum Gasteiger partial charge on any atom is 0.0762 e. The van der Waals surface area contributed by atoms with Crippen LogP contribution in [0, 0.1) is 5.92 Å². The summed E-state index contributed by atoms with van der Waals surface area (Å²) in [5.74, 6) is 1.22. The van der Waals surface area contributed by atoms with E-state index in [0.29, 0.717) is 17.8 Å². The monoisotopic (exact) mass is 243 g/mol. The summed E-state index contributed by atoms with van der Waals surface area (Å²) in [6, 6.07) is 2.56. The third kappa shape index (κ3) is 4.14. The van der Waals surface area contributed by atoms with Crippen LogP contribution in [-0.2, 0) is 6.54 Å². The fourth-order valence-corrected chi connectivity index (χ4v) is 1.51. The van der Waals surface area contributed by atoms with Crippen LogP contribution >= 0.6 is 11.6 Å². The fourth-order valence-electron chi connectivity index (χ4n) is 1.41. The van der Waals surface area contributed by atoms with E-state index in [1.165, 1.54) is 0 Å². The summed E-state index contributed by atoms with van der Waals surface area (Å²) in [6.07, 6.45) is 3.16. The van der Waals surface area contributed by atoms with E-state index in [9.17, 15) is 0 Å². The first-order chi connectivity index (χ1) is 7.67. The van der Waals surface area contributed by atoms with E-state index in [0.717, 1.165) is 25.2 Å². The highest BCUT2D eigenvalue weighted by molar-refractivity contribution is 6.18. The molecular formula is C12H22ClN3. The average Bonchev–Trinajstić information content (AvgIpc) is 2.76. The third-order valence-corrected chi connectivity index (χ3v) is 3.30. The van der Waals surface area contributed by atoms with Gasteiger partial charge in [-0.1, -0.05) is 13.8 Å². The lowest BCUT2D eigenvalue weighted by molar-refractivity contribution is 0.469. The molecule has 0 fully saturated rings. The van der Waals surface area contributed by atoms with Gasteiger partial charge in [0.25, 0.3) is 0 Å². The van der Waals surface area contributed by atoms with E-state index >= 15 is 0 Å². The standard InChI is InChI=1S/C12H22ClN3/c1-4-11(3)16-6-5-12(15-16)9-14-8-10(2)7-13/h5-6,10-11,14H,4,7-9H2,1-3H3. The zero-order valence-corrected chi connectivity index (χ0v) is 11.2. The molecule has 0 aliphatic rings. The number of nitrogens with one attached hydrogen (secondary N) is 1. The predicted octanol–water partition coefficient (Wildman–Crippen LogP) is 2.82. The molecule has 0 saturated carbocycles. The number of halogens is 1. The van der Waals surface area contributed by atoms with E-state index in [-0.39, 0.29) is 0 Å². The van der Waals surface area contributed by atoms with Gasteiger partial charge in [0.05, 0.1) is 5.69 Å². The molecular weight excluding hydrogens is 222 g/mol. The number of alkyl halides is 1. The average molecular weight is 244 g/mol. The smallest absolute Gasteiger partial charge is 0.0762 e. The van der Waals surface area contributed by atoms with Crippen LogP contribution in [0.5, 0.6) is 0 Å². The minimum atomic E-state index is 0.482. The molecule has 0 bridgehead atoms. The van der Waals surface area contributed by atoms with Crippen molar-refractivity contribution in [2.75, 3.05) is 12.4 Å². The Morgan fingerprint density at radius 1 is 1.50 bits per heavy atom. The largest absolute Gasteiger partial charge is 0.311 e. The van der Waals surface area contributed by atoms with Gasteiger partial charge in [0.1, 0.15) is 0 Å². The van der Waals surface area contributed by atoms with Gasteiger partial charge in [0.15, 0.2) is 0 Å². The van der Waals surface area contributed by atoms with Crippen molar-refractivity contribution in [2.24, 2.45) is 5.92 Å². The molecule has 1 rings (SSSR count). The number of hydrogen-bond acceptors (Lipinski definition) is 2. The Kier molecular flexibility index (Phi) is 5.85.